The van der Waals surface area contributed by atoms with Crippen LogP contribution in [-0.2, 0) is 32.5 Å². The van der Waals surface area contributed by atoms with Gasteiger partial charge < -0.3 is 4.74 Å². The summed E-state index contributed by atoms with van der Waals surface area (Å²) in [5, 5.41) is 9.42. The van der Waals surface area contributed by atoms with Crippen LogP contribution >= 0.6 is 0 Å². The number of aryl methyl sites for hydroxylation is 2. The van der Waals surface area contributed by atoms with Crippen LogP contribution in [0.4, 0.5) is 0 Å². The summed E-state index contributed by atoms with van der Waals surface area (Å²) in [5.74, 6) is -1.05. The van der Waals surface area contributed by atoms with Crippen LogP contribution in [0.3, 0.4) is 0 Å². The number of rotatable bonds is 8. The number of ether oxygens (including phenoxy) is 1. The fraction of sp³-hybridized carbons (Fsp3) is 0.423. The van der Waals surface area contributed by atoms with Crippen LogP contribution in [-0.4, -0.2) is 71.3 Å². The van der Waals surface area contributed by atoms with Crippen LogP contribution < -0.4 is 11.0 Å². The topological polar surface area (TPSA) is 131 Å². The van der Waals surface area contributed by atoms with Gasteiger partial charge >= 0.3 is 0 Å². The van der Waals surface area contributed by atoms with Crippen molar-refractivity contribution in [3.05, 3.63) is 64.2 Å². The minimum Gasteiger partial charge on any atom is -0.379 e. The molecule has 1 unspecified atom stereocenters. The summed E-state index contributed by atoms with van der Waals surface area (Å²) in [6, 6.07) is 12.0. The van der Waals surface area contributed by atoms with E-state index in [4.69, 9.17) is 9.94 Å². The molecule has 0 radical (unpaired) electrons. The summed E-state index contributed by atoms with van der Waals surface area (Å²) in [6.45, 7) is 7.33. The largest absolute Gasteiger partial charge is 0.379 e. The zero-order valence-electron chi connectivity index (χ0n) is 21.2. The third-order valence-corrected chi connectivity index (χ3v) is 9.28. The van der Waals surface area contributed by atoms with E-state index in [1.54, 1.807) is 6.07 Å². The highest BCUT2D eigenvalue weighted by Gasteiger charge is 2.43. The number of hydrogen-bond acceptors (Lipinski definition) is 8. The van der Waals surface area contributed by atoms with Crippen LogP contribution in [0.15, 0.2) is 47.5 Å². The number of carbonyl (C=O) groups is 1. The molecule has 10 nitrogen and oxygen atoms in total. The lowest BCUT2D eigenvalue weighted by Crippen LogP contribution is -2.50. The average Bonchev–Trinajstić information content (AvgIpc) is 2.88. The summed E-state index contributed by atoms with van der Waals surface area (Å²) in [7, 11) is -3.87. The number of morpholine rings is 1. The lowest BCUT2D eigenvalue weighted by Gasteiger charge is -2.26. The number of carbonyl (C=O) groups excluding carboxylic acids is 1. The van der Waals surface area contributed by atoms with Gasteiger partial charge in [0, 0.05) is 32.4 Å². The number of hydroxylamine groups is 1. The summed E-state index contributed by atoms with van der Waals surface area (Å²) in [5.41, 5.74) is 5.73. The number of fused-ring (bicyclic) bond motifs is 1. The highest BCUT2D eigenvalue weighted by atomic mass is 32.2. The molecule has 3 aromatic rings. The Morgan fingerprint density at radius 3 is 2.46 bits per heavy atom. The molecule has 0 saturated carbocycles. The van der Waals surface area contributed by atoms with E-state index in [9.17, 15) is 18.0 Å². The van der Waals surface area contributed by atoms with Crippen molar-refractivity contribution in [3.63, 3.8) is 0 Å². The molecule has 2 aromatic carbocycles. The number of aromatic nitrogens is 2. The fourth-order valence-corrected chi connectivity index (χ4v) is 5.42. The van der Waals surface area contributed by atoms with Crippen LogP contribution in [0.25, 0.3) is 22.0 Å². The molecule has 0 aliphatic carbocycles. The van der Waals surface area contributed by atoms with E-state index in [2.05, 4.69) is 34.1 Å². The van der Waals surface area contributed by atoms with Crippen LogP contribution in [0.5, 0.6) is 0 Å². The highest BCUT2D eigenvalue weighted by Crippen LogP contribution is 2.28. The molecule has 198 valence electrons. The SMILES string of the molecule is Cc1c(-c2ccc(CN3CCOCC3)cc2)ccc2c(=O)n(CCC(C)(C(=O)NO)S(C)(=O)=O)cnc12. The second-order valence-electron chi connectivity index (χ2n) is 9.66. The van der Waals surface area contributed by atoms with E-state index >= 15 is 0 Å². The molecule has 2 N–H and O–H groups in total. The molecule has 37 heavy (non-hydrogen) atoms. The van der Waals surface area contributed by atoms with Gasteiger partial charge in [0.25, 0.3) is 11.5 Å². The monoisotopic (exact) mass is 528 g/mol. The van der Waals surface area contributed by atoms with Crippen LogP contribution in [0, 0.1) is 6.92 Å². The maximum Gasteiger partial charge on any atom is 0.264 e. The second kappa shape index (κ2) is 10.7. The Labute approximate surface area is 215 Å². The summed E-state index contributed by atoms with van der Waals surface area (Å²) < 4.78 is 29.3. The molecule has 11 heteroatoms. The van der Waals surface area contributed by atoms with Crippen molar-refractivity contribution in [2.75, 3.05) is 32.6 Å². The molecule has 1 aliphatic heterocycles. The third kappa shape index (κ3) is 5.45. The number of nitrogens with one attached hydrogen (secondary N) is 1. The third-order valence-electron chi connectivity index (χ3n) is 7.25. The zero-order chi connectivity index (χ0) is 26.8. The second-order valence-corrected chi connectivity index (χ2v) is 12.1. The van der Waals surface area contributed by atoms with Gasteiger partial charge in [-0.15, -0.1) is 0 Å². The van der Waals surface area contributed by atoms with Crippen molar-refractivity contribution >= 4 is 26.6 Å². The van der Waals surface area contributed by atoms with Crippen molar-refractivity contribution in [3.8, 4) is 11.1 Å². The van der Waals surface area contributed by atoms with E-state index in [-0.39, 0.29) is 18.5 Å². The molecule has 1 atom stereocenters. The van der Waals surface area contributed by atoms with Gasteiger partial charge in [-0.1, -0.05) is 30.3 Å². The number of benzene rings is 2. The van der Waals surface area contributed by atoms with Gasteiger partial charge in [-0.2, -0.15) is 0 Å². The lowest BCUT2D eigenvalue weighted by molar-refractivity contribution is -0.131. The molecule has 4 rings (SSSR count). The van der Waals surface area contributed by atoms with Crippen molar-refractivity contribution in [2.24, 2.45) is 0 Å². The van der Waals surface area contributed by atoms with E-state index < -0.39 is 20.5 Å². The van der Waals surface area contributed by atoms with Crippen LogP contribution in [0.1, 0.15) is 24.5 Å². The molecule has 1 fully saturated rings. The predicted molar refractivity (Wildman–Crippen MR) is 140 cm³/mol. The molecule has 1 saturated heterocycles. The van der Waals surface area contributed by atoms with Crippen molar-refractivity contribution in [1.29, 1.82) is 0 Å². The molecule has 1 aliphatic rings. The minimum absolute atomic E-state index is 0.0653. The van der Waals surface area contributed by atoms with E-state index in [0.29, 0.717) is 10.9 Å². The Kier molecular flexibility index (Phi) is 7.79. The van der Waals surface area contributed by atoms with Crippen molar-refractivity contribution in [1.82, 2.24) is 19.9 Å². The molecule has 2 heterocycles. The fourth-order valence-electron chi connectivity index (χ4n) is 4.57. The molecule has 1 aromatic heterocycles. The van der Waals surface area contributed by atoms with Gasteiger partial charge in [-0.25, -0.2) is 18.9 Å². The van der Waals surface area contributed by atoms with E-state index in [1.807, 2.05) is 13.0 Å². The quantitative estimate of drug-likeness (QED) is 0.335. The average molecular weight is 529 g/mol. The van der Waals surface area contributed by atoms with Gasteiger partial charge in [0.2, 0.25) is 0 Å². The summed E-state index contributed by atoms with van der Waals surface area (Å²) in [4.78, 5) is 32.1. The number of hydrogen-bond donors (Lipinski definition) is 2. The minimum atomic E-state index is -3.87. The Hall–Kier alpha value is -3.12. The van der Waals surface area contributed by atoms with Gasteiger partial charge in [-0.05, 0) is 48.6 Å². The number of amides is 1. The number of sulfone groups is 1. The first-order valence-electron chi connectivity index (χ1n) is 12.1. The highest BCUT2D eigenvalue weighted by molar-refractivity contribution is 7.92. The molecule has 1 amide bonds. The van der Waals surface area contributed by atoms with Crippen molar-refractivity contribution in [2.45, 2.75) is 38.1 Å². The Balaban J connectivity index is 1.58. The maximum absolute atomic E-state index is 13.2. The van der Waals surface area contributed by atoms with Crippen LogP contribution in [0.2, 0.25) is 0 Å². The Morgan fingerprint density at radius 1 is 1.16 bits per heavy atom. The first-order valence-corrected chi connectivity index (χ1v) is 14.0. The normalized spacial score (nSPS) is 16.4. The predicted octanol–water partition coefficient (Wildman–Crippen LogP) is 1.90. The molecular weight excluding hydrogens is 496 g/mol. The summed E-state index contributed by atoms with van der Waals surface area (Å²) in [6.07, 6.45) is 2.08. The van der Waals surface area contributed by atoms with Gasteiger partial charge in [0.15, 0.2) is 14.6 Å². The lowest BCUT2D eigenvalue weighted by atomic mass is 9.97. The zero-order valence-corrected chi connectivity index (χ0v) is 22.0. The standard InChI is InChI=1S/C26H32N4O6S/c1-18-21(20-6-4-19(5-7-20)16-29-12-14-36-15-13-29)8-9-22-23(18)27-17-30(24(22)31)11-10-26(2,25(32)28-33)37(3,34)35/h4-9,17,33H,10-16H2,1-3H3,(H,28,32). The summed E-state index contributed by atoms with van der Waals surface area (Å²) >= 11 is 0. The van der Waals surface area contributed by atoms with E-state index in [1.165, 1.54) is 28.9 Å². The first-order chi connectivity index (χ1) is 17.5. The van der Waals surface area contributed by atoms with Crippen molar-refractivity contribution < 1.29 is 23.2 Å². The molecular formula is C26H32N4O6S. The van der Waals surface area contributed by atoms with Gasteiger partial charge in [0.05, 0.1) is 30.4 Å². The molecule has 0 spiro atoms. The smallest absolute Gasteiger partial charge is 0.264 e. The van der Waals surface area contributed by atoms with Gasteiger partial charge in [0.1, 0.15) is 0 Å². The molecule has 0 bridgehead atoms. The first kappa shape index (κ1) is 26.9. The van der Waals surface area contributed by atoms with E-state index in [0.717, 1.165) is 55.8 Å². The number of nitrogens with zero attached hydrogens (tertiary/aromatic N) is 3. The Morgan fingerprint density at radius 2 is 1.84 bits per heavy atom. The maximum atomic E-state index is 13.2. The van der Waals surface area contributed by atoms with Gasteiger partial charge in [-0.3, -0.25) is 24.3 Å². The Bertz CT molecular complexity index is 1460.